The van der Waals surface area contributed by atoms with E-state index < -0.39 is 0 Å². The van der Waals surface area contributed by atoms with Gasteiger partial charge in [0.2, 0.25) is 0 Å². The number of benzene rings is 1. The maximum atomic E-state index is 13.2. The lowest BCUT2D eigenvalue weighted by molar-refractivity contribution is 0.106. The number of likely N-dealkylation sites (tertiary alicyclic amines) is 1. The Morgan fingerprint density at radius 3 is 2.52 bits per heavy atom. The van der Waals surface area contributed by atoms with E-state index in [-0.39, 0.29) is 11.9 Å². The number of rotatable bonds is 4. The largest absolute Gasteiger partial charge is 0.324 e. The first-order valence-electron chi connectivity index (χ1n) is 8.40. The topological polar surface area (TPSA) is 29.3 Å². The minimum absolute atomic E-state index is 0.0527. The molecule has 1 atom stereocenters. The van der Waals surface area contributed by atoms with Gasteiger partial charge in [-0.3, -0.25) is 0 Å². The first-order valence-corrected chi connectivity index (χ1v) is 8.40. The van der Waals surface area contributed by atoms with Crippen LogP contribution < -0.4 is 5.73 Å². The summed E-state index contributed by atoms with van der Waals surface area (Å²) in [4.78, 5) is 2.54. The van der Waals surface area contributed by atoms with Gasteiger partial charge in [-0.15, -0.1) is 0 Å². The van der Waals surface area contributed by atoms with Gasteiger partial charge < -0.3 is 10.6 Å². The van der Waals surface area contributed by atoms with Crippen molar-refractivity contribution in [2.45, 2.75) is 51.0 Å². The van der Waals surface area contributed by atoms with Crippen LogP contribution in [0, 0.1) is 11.2 Å². The Morgan fingerprint density at radius 2 is 1.86 bits per heavy atom. The maximum Gasteiger partial charge on any atom is 0.123 e. The molecule has 21 heavy (non-hydrogen) atoms. The van der Waals surface area contributed by atoms with Crippen LogP contribution in [0.2, 0.25) is 0 Å². The molecule has 1 aliphatic heterocycles. The van der Waals surface area contributed by atoms with Crippen LogP contribution in [0.25, 0.3) is 0 Å². The molecule has 2 aliphatic rings. The Hall–Kier alpha value is -0.930. The van der Waals surface area contributed by atoms with Crippen molar-refractivity contribution in [2.75, 3.05) is 19.6 Å². The Labute approximate surface area is 127 Å². The molecule has 1 saturated carbocycles. The molecule has 0 aromatic heterocycles. The van der Waals surface area contributed by atoms with Gasteiger partial charge in [0.25, 0.3) is 0 Å². The van der Waals surface area contributed by atoms with Crippen LogP contribution in [0.3, 0.4) is 0 Å². The highest BCUT2D eigenvalue weighted by atomic mass is 19.1. The fourth-order valence-corrected chi connectivity index (χ4v) is 4.10. The molecule has 1 unspecified atom stereocenters. The zero-order valence-corrected chi connectivity index (χ0v) is 12.9. The van der Waals surface area contributed by atoms with Gasteiger partial charge in [-0.2, -0.15) is 0 Å². The fourth-order valence-electron chi connectivity index (χ4n) is 4.10. The zero-order valence-electron chi connectivity index (χ0n) is 12.9. The lowest BCUT2D eigenvalue weighted by Crippen LogP contribution is -2.39. The van der Waals surface area contributed by atoms with Gasteiger partial charge in [-0.25, -0.2) is 4.39 Å². The van der Waals surface area contributed by atoms with Crippen LogP contribution in [0.5, 0.6) is 0 Å². The van der Waals surface area contributed by atoms with Gasteiger partial charge in [0.05, 0.1) is 0 Å². The third-order valence-corrected chi connectivity index (χ3v) is 5.61. The fraction of sp³-hybridized carbons (Fsp3) is 0.667. The molecule has 0 amide bonds. The van der Waals surface area contributed by atoms with Crippen LogP contribution in [-0.4, -0.2) is 24.5 Å². The number of hydrogen-bond acceptors (Lipinski definition) is 2. The summed E-state index contributed by atoms with van der Waals surface area (Å²) in [5, 5.41) is 0. The highest BCUT2D eigenvalue weighted by Gasteiger charge is 2.36. The summed E-state index contributed by atoms with van der Waals surface area (Å²) in [6, 6.07) is 6.66. The molecule has 1 aromatic rings. The van der Waals surface area contributed by atoms with Crippen LogP contribution in [-0.2, 0) is 0 Å². The second kappa shape index (κ2) is 6.45. The van der Waals surface area contributed by atoms with Crippen molar-refractivity contribution in [1.82, 2.24) is 4.90 Å². The first-order chi connectivity index (χ1) is 10.2. The Balaban J connectivity index is 1.45. The predicted octanol–water partition coefficient (Wildman–Crippen LogP) is 3.87. The molecule has 2 fully saturated rings. The molecule has 1 aliphatic carbocycles. The highest BCUT2D eigenvalue weighted by molar-refractivity contribution is 5.19. The molecule has 3 heteroatoms. The highest BCUT2D eigenvalue weighted by Crippen LogP contribution is 2.46. The van der Waals surface area contributed by atoms with Crippen molar-refractivity contribution in [1.29, 1.82) is 0 Å². The van der Waals surface area contributed by atoms with Crippen molar-refractivity contribution >= 4 is 0 Å². The average Bonchev–Trinajstić information content (AvgIpc) is 2.95. The van der Waals surface area contributed by atoms with Crippen molar-refractivity contribution < 1.29 is 4.39 Å². The van der Waals surface area contributed by atoms with Crippen LogP contribution in [0.15, 0.2) is 24.3 Å². The molecule has 2 N–H and O–H groups in total. The Morgan fingerprint density at radius 1 is 1.14 bits per heavy atom. The van der Waals surface area contributed by atoms with Gasteiger partial charge in [0.15, 0.2) is 0 Å². The van der Waals surface area contributed by atoms with Gasteiger partial charge in [0.1, 0.15) is 5.82 Å². The first kappa shape index (κ1) is 15.0. The second-order valence-corrected chi connectivity index (χ2v) is 7.00. The second-order valence-electron chi connectivity index (χ2n) is 7.00. The molecule has 116 valence electrons. The number of nitrogens with two attached hydrogens (primary N) is 1. The third-order valence-electron chi connectivity index (χ3n) is 5.61. The van der Waals surface area contributed by atoms with E-state index in [1.54, 1.807) is 12.1 Å². The summed E-state index contributed by atoms with van der Waals surface area (Å²) in [7, 11) is 0. The van der Waals surface area contributed by atoms with E-state index in [9.17, 15) is 4.39 Å². The Kier molecular flexibility index (Phi) is 4.60. The SMILES string of the molecule is NC(CCN1CCC2(CCCC2)CC1)c1cccc(F)c1. The summed E-state index contributed by atoms with van der Waals surface area (Å²) < 4.78 is 13.2. The van der Waals surface area contributed by atoms with Crippen LogP contribution in [0.4, 0.5) is 4.39 Å². The molecule has 1 heterocycles. The van der Waals surface area contributed by atoms with E-state index >= 15 is 0 Å². The molecule has 3 rings (SSSR count). The normalized spacial score (nSPS) is 23.5. The third kappa shape index (κ3) is 3.64. The number of hydrogen-bond donors (Lipinski definition) is 1. The van der Waals surface area contributed by atoms with Crippen molar-refractivity contribution in [2.24, 2.45) is 11.1 Å². The zero-order chi connectivity index (χ0) is 14.7. The van der Waals surface area contributed by atoms with Crippen LogP contribution >= 0.6 is 0 Å². The molecule has 1 saturated heterocycles. The lowest BCUT2D eigenvalue weighted by atomic mass is 9.77. The van der Waals surface area contributed by atoms with Gasteiger partial charge in [-0.05, 0) is 74.8 Å². The summed E-state index contributed by atoms with van der Waals surface area (Å²) in [6.07, 6.45) is 9.41. The predicted molar refractivity (Wildman–Crippen MR) is 84.5 cm³/mol. The summed E-state index contributed by atoms with van der Waals surface area (Å²) in [5.41, 5.74) is 7.80. The van der Waals surface area contributed by atoms with Crippen molar-refractivity contribution in [3.63, 3.8) is 0 Å². The number of nitrogens with zero attached hydrogens (tertiary/aromatic N) is 1. The van der Waals surface area contributed by atoms with Crippen molar-refractivity contribution in [3.8, 4) is 0 Å². The van der Waals surface area contributed by atoms with E-state index in [2.05, 4.69) is 4.90 Å². The lowest BCUT2D eigenvalue weighted by Gasteiger charge is -2.39. The Bertz CT molecular complexity index is 458. The quantitative estimate of drug-likeness (QED) is 0.912. The molecule has 1 spiro atoms. The van der Waals surface area contributed by atoms with Gasteiger partial charge in [0, 0.05) is 6.04 Å². The van der Waals surface area contributed by atoms with Gasteiger partial charge in [-0.1, -0.05) is 25.0 Å². The van der Waals surface area contributed by atoms with E-state index in [1.165, 1.54) is 57.7 Å². The molecule has 1 aromatic carbocycles. The standard InChI is InChI=1S/C18H27FN2/c19-16-5-3-4-15(14-16)17(20)6-11-21-12-9-18(10-13-21)7-1-2-8-18/h3-5,14,17H,1-2,6-13,20H2. The minimum atomic E-state index is -0.191. The van der Waals surface area contributed by atoms with Gasteiger partial charge >= 0.3 is 0 Å². The smallest absolute Gasteiger partial charge is 0.123 e. The number of halogens is 1. The van der Waals surface area contributed by atoms with E-state index in [1.807, 2.05) is 6.07 Å². The summed E-state index contributed by atoms with van der Waals surface area (Å²) in [6.45, 7) is 3.47. The molecular formula is C18H27FN2. The van der Waals surface area contributed by atoms with E-state index in [0.717, 1.165) is 18.5 Å². The average molecular weight is 290 g/mol. The summed E-state index contributed by atoms with van der Waals surface area (Å²) >= 11 is 0. The summed E-state index contributed by atoms with van der Waals surface area (Å²) in [5.74, 6) is -0.191. The van der Waals surface area contributed by atoms with E-state index in [4.69, 9.17) is 5.73 Å². The molecule has 2 nitrogen and oxygen atoms in total. The van der Waals surface area contributed by atoms with Crippen molar-refractivity contribution in [3.05, 3.63) is 35.6 Å². The maximum absolute atomic E-state index is 13.2. The molecule has 0 radical (unpaired) electrons. The molecular weight excluding hydrogens is 263 g/mol. The molecule has 0 bridgehead atoms. The number of piperidine rings is 1. The monoisotopic (exact) mass is 290 g/mol. The minimum Gasteiger partial charge on any atom is -0.324 e. The van der Waals surface area contributed by atoms with E-state index in [0.29, 0.717) is 5.41 Å². The van der Waals surface area contributed by atoms with Crippen LogP contribution in [0.1, 0.15) is 56.6 Å².